The van der Waals surface area contributed by atoms with Crippen molar-refractivity contribution in [2.75, 3.05) is 11.9 Å². The van der Waals surface area contributed by atoms with E-state index in [-0.39, 0.29) is 16.9 Å². The Morgan fingerprint density at radius 1 is 0.967 bits per heavy atom. The SMILES string of the molecule is O=C(COC(=O)c1ccc(Oc2ccccc2)cc1)Nc1cc([N+](=O)[O-])ccc1F. The Morgan fingerprint density at radius 2 is 1.63 bits per heavy atom. The van der Waals surface area contributed by atoms with Crippen molar-refractivity contribution in [3.8, 4) is 11.5 Å². The van der Waals surface area contributed by atoms with E-state index in [0.29, 0.717) is 11.5 Å². The van der Waals surface area contributed by atoms with Gasteiger partial charge in [0, 0.05) is 12.1 Å². The first-order valence-electron chi connectivity index (χ1n) is 8.66. The Morgan fingerprint density at radius 3 is 2.30 bits per heavy atom. The van der Waals surface area contributed by atoms with Crippen LogP contribution in [0, 0.1) is 15.9 Å². The minimum atomic E-state index is -0.853. The Bertz CT molecular complexity index is 1070. The number of nitro groups is 1. The summed E-state index contributed by atoms with van der Waals surface area (Å²) in [4.78, 5) is 34.0. The van der Waals surface area contributed by atoms with Crippen molar-refractivity contribution in [2.45, 2.75) is 0 Å². The molecule has 9 heteroatoms. The minimum absolute atomic E-state index is 0.185. The Hall–Kier alpha value is -4.27. The number of ether oxygens (including phenoxy) is 2. The van der Waals surface area contributed by atoms with Crippen molar-refractivity contribution < 1.29 is 28.4 Å². The number of hydrogen-bond acceptors (Lipinski definition) is 6. The highest BCUT2D eigenvalue weighted by molar-refractivity contribution is 5.95. The minimum Gasteiger partial charge on any atom is -0.457 e. The molecule has 30 heavy (non-hydrogen) atoms. The largest absolute Gasteiger partial charge is 0.457 e. The Labute approximate surface area is 170 Å². The number of esters is 1. The van der Waals surface area contributed by atoms with Gasteiger partial charge in [-0.05, 0) is 42.5 Å². The predicted molar refractivity (Wildman–Crippen MR) is 105 cm³/mol. The van der Waals surface area contributed by atoms with Crippen LogP contribution in [0.25, 0.3) is 0 Å². The normalized spacial score (nSPS) is 10.2. The molecule has 0 aliphatic heterocycles. The average molecular weight is 410 g/mol. The number of amides is 1. The van der Waals surface area contributed by atoms with Crippen molar-refractivity contribution in [3.63, 3.8) is 0 Å². The third kappa shape index (κ3) is 5.38. The molecule has 0 aromatic heterocycles. The molecule has 0 fully saturated rings. The van der Waals surface area contributed by atoms with Crippen LogP contribution < -0.4 is 10.1 Å². The lowest BCUT2D eigenvalue weighted by Gasteiger charge is -2.08. The number of nitro benzene ring substituents is 1. The summed E-state index contributed by atoms with van der Waals surface area (Å²) in [6.07, 6.45) is 0. The fourth-order valence-corrected chi connectivity index (χ4v) is 2.41. The summed E-state index contributed by atoms with van der Waals surface area (Å²) >= 11 is 0. The van der Waals surface area contributed by atoms with Crippen molar-refractivity contribution in [1.29, 1.82) is 0 Å². The van der Waals surface area contributed by atoms with Gasteiger partial charge in [-0.3, -0.25) is 14.9 Å². The van der Waals surface area contributed by atoms with Gasteiger partial charge in [-0.2, -0.15) is 0 Å². The summed E-state index contributed by atoms with van der Waals surface area (Å²) < 4.78 is 24.2. The summed E-state index contributed by atoms with van der Waals surface area (Å²) in [5, 5.41) is 12.9. The van der Waals surface area contributed by atoms with Gasteiger partial charge >= 0.3 is 5.97 Å². The predicted octanol–water partition coefficient (Wildman–Crippen LogP) is 4.32. The topological polar surface area (TPSA) is 108 Å². The van der Waals surface area contributed by atoms with Gasteiger partial charge in [-0.15, -0.1) is 0 Å². The monoisotopic (exact) mass is 410 g/mol. The van der Waals surface area contributed by atoms with Gasteiger partial charge in [0.2, 0.25) is 0 Å². The van der Waals surface area contributed by atoms with Crippen molar-refractivity contribution in [3.05, 3.63) is 94.3 Å². The molecule has 0 aliphatic rings. The van der Waals surface area contributed by atoms with Gasteiger partial charge in [-0.1, -0.05) is 18.2 Å². The van der Waals surface area contributed by atoms with E-state index in [4.69, 9.17) is 9.47 Å². The molecule has 0 aliphatic carbocycles. The zero-order chi connectivity index (χ0) is 21.5. The van der Waals surface area contributed by atoms with Gasteiger partial charge in [0.25, 0.3) is 11.6 Å². The lowest BCUT2D eigenvalue weighted by atomic mass is 10.2. The van der Waals surface area contributed by atoms with Gasteiger partial charge in [0.15, 0.2) is 6.61 Å². The van der Waals surface area contributed by atoms with E-state index in [1.807, 2.05) is 18.2 Å². The molecule has 0 bridgehead atoms. The van der Waals surface area contributed by atoms with Gasteiger partial charge in [0.05, 0.1) is 16.2 Å². The standard InChI is InChI=1S/C21H15FN2O6/c22-18-11-8-15(24(27)28)12-19(18)23-20(25)13-29-21(26)14-6-9-17(10-7-14)30-16-4-2-1-3-5-16/h1-12H,13H2,(H,23,25). The maximum atomic E-state index is 13.7. The van der Waals surface area contributed by atoms with Crippen LogP contribution in [-0.4, -0.2) is 23.4 Å². The molecule has 0 spiro atoms. The van der Waals surface area contributed by atoms with Gasteiger partial charge in [0.1, 0.15) is 17.3 Å². The Balaban J connectivity index is 1.54. The number of nitrogens with zero attached hydrogens (tertiary/aromatic N) is 1. The van der Waals surface area contributed by atoms with E-state index >= 15 is 0 Å². The number of rotatable bonds is 7. The van der Waals surface area contributed by atoms with Gasteiger partial charge in [-0.25, -0.2) is 9.18 Å². The summed E-state index contributed by atoms with van der Waals surface area (Å²) in [7, 11) is 0. The van der Waals surface area contributed by atoms with Gasteiger partial charge < -0.3 is 14.8 Å². The smallest absolute Gasteiger partial charge is 0.338 e. The lowest BCUT2D eigenvalue weighted by Crippen LogP contribution is -2.21. The van der Waals surface area contributed by atoms with Crippen LogP contribution in [0.1, 0.15) is 10.4 Å². The summed E-state index contributed by atoms with van der Waals surface area (Å²) in [5.74, 6) is -1.31. The fourth-order valence-electron chi connectivity index (χ4n) is 2.41. The second kappa shape index (κ2) is 9.28. The zero-order valence-corrected chi connectivity index (χ0v) is 15.4. The molecule has 0 heterocycles. The van der Waals surface area contributed by atoms with Crippen LogP contribution >= 0.6 is 0 Å². The summed E-state index contributed by atoms with van der Waals surface area (Å²) in [5.41, 5.74) is -0.584. The van der Waals surface area contributed by atoms with Crippen LogP contribution in [0.15, 0.2) is 72.8 Å². The fraction of sp³-hybridized carbons (Fsp3) is 0.0476. The number of carbonyl (C=O) groups excluding carboxylic acids is 2. The maximum Gasteiger partial charge on any atom is 0.338 e. The second-order valence-corrected chi connectivity index (χ2v) is 5.99. The molecule has 3 aromatic carbocycles. The zero-order valence-electron chi connectivity index (χ0n) is 15.4. The molecule has 0 radical (unpaired) electrons. The Kier molecular flexibility index (Phi) is 6.33. The number of nitrogens with one attached hydrogen (secondary N) is 1. The van der Waals surface area contributed by atoms with E-state index in [2.05, 4.69) is 5.32 Å². The molecule has 1 N–H and O–H groups in total. The van der Waals surface area contributed by atoms with Crippen LogP contribution in [0.2, 0.25) is 0 Å². The molecule has 3 rings (SSSR count). The molecule has 0 atom stereocenters. The van der Waals surface area contributed by atoms with Crippen LogP contribution in [0.5, 0.6) is 11.5 Å². The molecule has 0 saturated heterocycles. The highest BCUT2D eigenvalue weighted by Crippen LogP contribution is 2.22. The number of hydrogen-bond donors (Lipinski definition) is 1. The highest BCUT2D eigenvalue weighted by atomic mass is 19.1. The first kappa shape index (κ1) is 20.5. The van der Waals surface area contributed by atoms with E-state index in [9.17, 15) is 24.1 Å². The number of benzene rings is 3. The quantitative estimate of drug-likeness (QED) is 0.353. The number of non-ortho nitro benzene ring substituents is 1. The van der Waals surface area contributed by atoms with E-state index in [1.54, 1.807) is 24.3 Å². The first-order chi connectivity index (χ1) is 14.4. The molecule has 152 valence electrons. The molecule has 1 amide bonds. The molecular formula is C21H15FN2O6. The van der Waals surface area contributed by atoms with E-state index in [0.717, 1.165) is 18.2 Å². The van der Waals surface area contributed by atoms with Crippen molar-refractivity contribution >= 4 is 23.3 Å². The molecule has 8 nitrogen and oxygen atoms in total. The summed E-state index contributed by atoms with van der Waals surface area (Å²) in [6.45, 7) is -0.691. The van der Waals surface area contributed by atoms with Crippen molar-refractivity contribution in [1.82, 2.24) is 0 Å². The van der Waals surface area contributed by atoms with Crippen molar-refractivity contribution in [2.24, 2.45) is 0 Å². The molecule has 0 unspecified atom stereocenters. The molecule has 0 saturated carbocycles. The van der Waals surface area contributed by atoms with Crippen LogP contribution in [0.4, 0.5) is 15.8 Å². The third-order valence-corrected chi connectivity index (χ3v) is 3.84. The van der Waals surface area contributed by atoms with E-state index < -0.39 is 29.2 Å². The number of carbonyl (C=O) groups is 2. The maximum absolute atomic E-state index is 13.7. The number of halogens is 1. The summed E-state index contributed by atoms with van der Waals surface area (Å²) in [6, 6.07) is 17.9. The highest BCUT2D eigenvalue weighted by Gasteiger charge is 2.15. The number of anilines is 1. The lowest BCUT2D eigenvalue weighted by molar-refractivity contribution is -0.384. The van der Waals surface area contributed by atoms with Crippen LogP contribution in [0.3, 0.4) is 0 Å². The first-order valence-corrected chi connectivity index (χ1v) is 8.66. The number of para-hydroxylation sites is 1. The second-order valence-electron chi connectivity index (χ2n) is 5.99. The third-order valence-electron chi connectivity index (χ3n) is 3.84. The van der Waals surface area contributed by atoms with E-state index in [1.165, 1.54) is 12.1 Å². The van der Waals surface area contributed by atoms with Crippen LogP contribution in [-0.2, 0) is 9.53 Å². The average Bonchev–Trinajstić information content (AvgIpc) is 2.74. The molecule has 3 aromatic rings. The molecular weight excluding hydrogens is 395 g/mol.